The highest BCUT2D eigenvalue weighted by Gasteiger charge is 2.31. The minimum atomic E-state index is -2.99. The highest BCUT2D eigenvalue weighted by Crippen LogP contribution is 2.25. The fourth-order valence-electron chi connectivity index (χ4n) is 2.92. The standard InChI is InChI=1S/C12H19N3O3S/c16-10-5-3-6-15-12(10)13-11(14-15)8-9-4-1-2-7-19(9,17)18/h9-10,16H,1-8H2. The van der Waals surface area contributed by atoms with Crippen molar-refractivity contribution >= 4 is 9.84 Å². The number of aryl methyl sites for hydroxylation is 1. The van der Waals surface area contributed by atoms with Crippen LogP contribution in [-0.4, -0.2) is 39.3 Å². The van der Waals surface area contributed by atoms with Gasteiger partial charge >= 0.3 is 0 Å². The first kappa shape index (κ1) is 13.1. The molecule has 0 bridgehead atoms. The maximum absolute atomic E-state index is 12.0. The molecule has 0 amide bonds. The monoisotopic (exact) mass is 285 g/mol. The average molecular weight is 285 g/mol. The maximum atomic E-state index is 12.0. The second-order valence-electron chi connectivity index (χ2n) is 5.46. The third-order valence-electron chi connectivity index (χ3n) is 4.01. The molecule has 0 saturated carbocycles. The summed E-state index contributed by atoms with van der Waals surface area (Å²) in [6, 6.07) is 0. The van der Waals surface area contributed by atoms with Crippen LogP contribution in [0.4, 0.5) is 0 Å². The summed E-state index contributed by atoms with van der Waals surface area (Å²) in [5.41, 5.74) is 0. The third-order valence-corrected chi connectivity index (χ3v) is 6.29. The zero-order valence-corrected chi connectivity index (χ0v) is 11.6. The van der Waals surface area contributed by atoms with Crippen LogP contribution in [0.5, 0.6) is 0 Å². The molecule has 0 aliphatic carbocycles. The van der Waals surface area contributed by atoms with Gasteiger partial charge in [-0.3, -0.25) is 0 Å². The van der Waals surface area contributed by atoms with Gasteiger partial charge in [-0.2, -0.15) is 5.10 Å². The molecular weight excluding hydrogens is 266 g/mol. The maximum Gasteiger partial charge on any atom is 0.156 e. The molecule has 19 heavy (non-hydrogen) atoms. The molecule has 0 radical (unpaired) electrons. The van der Waals surface area contributed by atoms with Gasteiger partial charge < -0.3 is 5.11 Å². The molecule has 0 aromatic carbocycles. The Balaban J connectivity index is 1.80. The van der Waals surface area contributed by atoms with E-state index in [1.165, 1.54) is 0 Å². The number of aliphatic hydroxyl groups is 1. The molecule has 1 N–H and O–H groups in total. The number of sulfone groups is 1. The topological polar surface area (TPSA) is 85.1 Å². The van der Waals surface area contributed by atoms with E-state index in [0.29, 0.717) is 30.9 Å². The van der Waals surface area contributed by atoms with Crippen LogP contribution in [0.15, 0.2) is 0 Å². The summed E-state index contributed by atoms with van der Waals surface area (Å²) in [6.07, 6.45) is 3.85. The van der Waals surface area contributed by atoms with Crippen molar-refractivity contribution < 1.29 is 13.5 Å². The molecule has 2 aliphatic rings. The molecule has 2 unspecified atom stereocenters. The SMILES string of the molecule is O=S1(=O)CCCCC1Cc1nc2n(n1)CCCC2O. The van der Waals surface area contributed by atoms with Crippen molar-refractivity contribution in [3.05, 3.63) is 11.6 Å². The first-order chi connectivity index (χ1) is 9.06. The summed E-state index contributed by atoms with van der Waals surface area (Å²) in [4.78, 5) is 4.33. The normalized spacial score (nSPS) is 29.9. The molecule has 1 saturated heterocycles. The van der Waals surface area contributed by atoms with E-state index in [1.54, 1.807) is 4.68 Å². The molecule has 2 aliphatic heterocycles. The van der Waals surface area contributed by atoms with Crippen LogP contribution in [0.2, 0.25) is 0 Å². The van der Waals surface area contributed by atoms with Crippen LogP contribution in [-0.2, 0) is 22.8 Å². The Hall–Kier alpha value is -0.950. The van der Waals surface area contributed by atoms with Crippen LogP contribution in [0, 0.1) is 0 Å². The molecule has 1 aromatic heterocycles. The van der Waals surface area contributed by atoms with E-state index in [0.717, 1.165) is 25.8 Å². The molecule has 7 heteroatoms. The van der Waals surface area contributed by atoms with Crippen molar-refractivity contribution in [1.82, 2.24) is 14.8 Å². The van der Waals surface area contributed by atoms with Gasteiger partial charge in [-0.05, 0) is 25.7 Å². The van der Waals surface area contributed by atoms with E-state index in [2.05, 4.69) is 10.1 Å². The van der Waals surface area contributed by atoms with Crippen LogP contribution in [0.3, 0.4) is 0 Å². The fourth-order valence-corrected chi connectivity index (χ4v) is 4.79. The van der Waals surface area contributed by atoms with Crippen molar-refractivity contribution in [2.24, 2.45) is 0 Å². The van der Waals surface area contributed by atoms with Crippen molar-refractivity contribution in [2.45, 2.75) is 56.4 Å². The van der Waals surface area contributed by atoms with Crippen molar-refractivity contribution in [1.29, 1.82) is 0 Å². The van der Waals surface area contributed by atoms with Gasteiger partial charge in [0, 0.05) is 13.0 Å². The largest absolute Gasteiger partial charge is 0.385 e. The summed E-state index contributed by atoms with van der Waals surface area (Å²) in [6.45, 7) is 0.761. The lowest BCUT2D eigenvalue weighted by molar-refractivity contribution is 0.130. The number of fused-ring (bicyclic) bond motifs is 1. The van der Waals surface area contributed by atoms with Gasteiger partial charge in [0.25, 0.3) is 0 Å². The smallest absolute Gasteiger partial charge is 0.156 e. The lowest BCUT2D eigenvalue weighted by Gasteiger charge is -2.20. The highest BCUT2D eigenvalue weighted by atomic mass is 32.2. The third kappa shape index (κ3) is 2.53. The zero-order chi connectivity index (χ0) is 13.5. The number of nitrogens with zero attached hydrogens (tertiary/aromatic N) is 3. The van der Waals surface area contributed by atoms with Crippen LogP contribution in [0.1, 0.15) is 49.9 Å². The van der Waals surface area contributed by atoms with E-state index in [-0.39, 0.29) is 11.0 Å². The summed E-state index contributed by atoms with van der Waals surface area (Å²) >= 11 is 0. The van der Waals surface area contributed by atoms with Gasteiger partial charge in [0.2, 0.25) is 0 Å². The average Bonchev–Trinajstić information content (AvgIpc) is 2.76. The molecule has 6 nitrogen and oxygen atoms in total. The molecule has 106 valence electrons. The Bertz CT molecular complexity index is 567. The van der Waals surface area contributed by atoms with Gasteiger partial charge in [-0.15, -0.1) is 0 Å². The van der Waals surface area contributed by atoms with E-state index in [1.807, 2.05) is 0 Å². The number of hydrogen-bond acceptors (Lipinski definition) is 5. The van der Waals surface area contributed by atoms with E-state index >= 15 is 0 Å². The second-order valence-corrected chi connectivity index (χ2v) is 7.86. The minimum Gasteiger partial charge on any atom is -0.385 e. The van der Waals surface area contributed by atoms with Gasteiger partial charge in [-0.25, -0.2) is 18.1 Å². The molecule has 2 atom stereocenters. The van der Waals surface area contributed by atoms with Crippen molar-refractivity contribution in [2.75, 3.05) is 5.75 Å². The number of hydrogen-bond donors (Lipinski definition) is 1. The molecule has 3 heterocycles. The quantitative estimate of drug-likeness (QED) is 0.860. The van der Waals surface area contributed by atoms with Crippen LogP contribution >= 0.6 is 0 Å². The number of aliphatic hydroxyl groups excluding tert-OH is 1. The second kappa shape index (κ2) is 4.86. The summed E-state index contributed by atoms with van der Waals surface area (Å²) in [5.74, 6) is 1.44. The lowest BCUT2D eigenvalue weighted by atomic mass is 10.1. The molecule has 1 aromatic rings. The Labute approximate surface area is 112 Å². The van der Waals surface area contributed by atoms with E-state index < -0.39 is 15.9 Å². The predicted molar refractivity (Wildman–Crippen MR) is 69.3 cm³/mol. The molecular formula is C12H19N3O3S. The van der Waals surface area contributed by atoms with Crippen molar-refractivity contribution in [3.8, 4) is 0 Å². The Morgan fingerprint density at radius 3 is 2.84 bits per heavy atom. The predicted octanol–water partition coefficient (Wildman–Crippen LogP) is 0.615. The van der Waals surface area contributed by atoms with E-state index in [9.17, 15) is 13.5 Å². The first-order valence-corrected chi connectivity index (χ1v) is 8.61. The van der Waals surface area contributed by atoms with E-state index in [4.69, 9.17) is 0 Å². The van der Waals surface area contributed by atoms with Crippen LogP contribution in [0.25, 0.3) is 0 Å². The summed E-state index contributed by atoms with van der Waals surface area (Å²) in [5, 5.41) is 13.8. The minimum absolute atomic E-state index is 0.286. The lowest BCUT2D eigenvalue weighted by Crippen LogP contribution is -2.30. The van der Waals surface area contributed by atoms with Gasteiger partial charge in [-0.1, -0.05) is 6.42 Å². The van der Waals surface area contributed by atoms with Gasteiger partial charge in [0.15, 0.2) is 21.5 Å². The Morgan fingerprint density at radius 1 is 1.26 bits per heavy atom. The Kier molecular flexibility index (Phi) is 3.34. The molecule has 3 rings (SSSR count). The molecule has 0 spiro atoms. The summed E-state index contributed by atoms with van der Waals surface area (Å²) in [7, 11) is -2.99. The van der Waals surface area contributed by atoms with Crippen LogP contribution < -0.4 is 0 Å². The Morgan fingerprint density at radius 2 is 2.11 bits per heavy atom. The highest BCUT2D eigenvalue weighted by molar-refractivity contribution is 7.92. The molecule has 1 fully saturated rings. The number of rotatable bonds is 2. The first-order valence-electron chi connectivity index (χ1n) is 6.89. The van der Waals surface area contributed by atoms with Gasteiger partial charge in [0.1, 0.15) is 6.10 Å². The van der Waals surface area contributed by atoms with Crippen molar-refractivity contribution in [3.63, 3.8) is 0 Å². The summed E-state index contributed by atoms with van der Waals surface area (Å²) < 4.78 is 25.7. The fraction of sp³-hybridized carbons (Fsp3) is 0.833. The number of aromatic nitrogens is 3. The van der Waals surface area contributed by atoms with Gasteiger partial charge in [0.05, 0.1) is 11.0 Å². The zero-order valence-electron chi connectivity index (χ0n) is 10.8.